The van der Waals surface area contributed by atoms with Crippen molar-refractivity contribution in [1.29, 1.82) is 0 Å². The zero-order valence-corrected chi connectivity index (χ0v) is 17.8. The number of hydrogen-bond donors (Lipinski definition) is 1. The van der Waals surface area contributed by atoms with Crippen LogP contribution in [-0.2, 0) is 24.2 Å². The second-order valence-electron chi connectivity index (χ2n) is 8.40. The normalized spacial score (nSPS) is 16.8. The standard InChI is InChI=1S/C26H24FNO4/c1-26(14-18-7-10-22(27)11-8-18)15-21-13-20(9-12-23(21)32-26)25(31)28(17-24(29)30)16-19-5-3-2-4-6-19/h2-13H,14-17H2,1H3,(H,29,30)/t26-/m1/s1. The van der Waals surface area contributed by atoms with Crippen molar-refractivity contribution in [1.82, 2.24) is 4.90 Å². The molecule has 1 N–H and O–H groups in total. The van der Waals surface area contributed by atoms with Crippen LogP contribution in [0.2, 0.25) is 0 Å². The molecule has 1 atom stereocenters. The maximum Gasteiger partial charge on any atom is 0.323 e. The Kier molecular flexibility index (Phi) is 5.95. The van der Waals surface area contributed by atoms with E-state index < -0.39 is 11.6 Å². The highest BCUT2D eigenvalue weighted by Gasteiger charge is 2.35. The molecule has 0 saturated carbocycles. The largest absolute Gasteiger partial charge is 0.487 e. The maximum atomic E-state index is 13.2. The van der Waals surface area contributed by atoms with Gasteiger partial charge in [0.2, 0.25) is 0 Å². The zero-order chi connectivity index (χ0) is 22.7. The molecule has 0 spiro atoms. The van der Waals surface area contributed by atoms with Gasteiger partial charge in [0, 0.05) is 24.9 Å². The van der Waals surface area contributed by atoms with Gasteiger partial charge in [-0.05, 0) is 53.9 Å². The SMILES string of the molecule is C[C@@]1(Cc2ccc(F)cc2)Cc2cc(C(=O)N(CC(=O)O)Cc3ccccc3)ccc2O1. The summed E-state index contributed by atoms with van der Waals surface area (Å²) >= 11 is 0. The molecule has 0 saturated heterocycles. The third kappa shape index (κ3) is 4.97. The predicted octanol–water partition coefficient (Wildman–Crippen LogP) is 4.49. The molecule has 0 fully saturated rings. The number of carbonyl (C=O) groups excluding carboxylic acids is 1. The summed E-state index contributed by atoms with van der Waals surface area (Å²) in [7, 11) is 0. The van der Waals surface area contributed by atoms with Crippen LogP contribution in [0.15, 0.2) is 72.8 Å². The Morgan fingerprint density at radius 3 is 2.44 bits per heavy atom. The lowest BCUT2D eigenvalue weighted by Gasteiger charge is -2.24. The van der Waals surface area contributed by atoms with Crippen molar-refractivity contribution >= 4 is 11.9 Å². The fraction of sp³-hybridized carbons (Fsp3) is 0.231. The van der Waals surface area contributed by atoms with Crippen LogP contribution in [0.5, 0.6) is 5.75 Å². The molecule has 0 unspecified atom stereocenters. The van der Waals surface area contributed by atoms with E-state index in [1.165, 1.54) is 17.0 Å². The number of benzene rings is 3. The Bertz CT molecular complexity index is 1130. The highest BCUT2D eigenvalue weighted by Crippen LogP contribution is 2.37. The Morgan fingerprint density at radius 2 is 1.75 bits per heavy atom. The van der Waals surface area contributed by atoms with Gasteiger partial charge in [-0.2, -0.15) is 0 Å². The van der Waals surface area contributed by atoms with E-state index in [-0.39, 0.29) is 24.8 Å². The first-order chi connectivity index (χ1) is 15.3. The first kappa shape index (κ1) is 21.6. The van der Waals surface area contributed by atoms with Gasteiger partial charge in [-0.15, -0.1) is 0 Å². The smallest absolute Gasteiger partial charge is 0.323 e. The number of carboxylic acids is 1. The summed E-state index contributed by atoms with van der Waals surface area (Å²) in [6.45, 7) is 1.81. The number of amides is 1. The number of ether oxygens (including phenoxy) is 1. The van der Waals surface area contributed by atoms with Crippen LogP contribution < -0.4 is 4.74 Å². The van der Waals surface area contributed by atoms with Crippen molar-refractivity contribution in [3.8, 4) is 5.75 Å². The van der Waals surface area contributed by atoms with Gasteiger partial charge in [0.1, 0.15) is 23.7 Å². The molecule has 0 bridgehead atoms. The van der Waals surface area contributed by atoms with Gasteiger partial charge in [0.05, 0.1) is 0 Å². The Morgan fingerprint density at radius 1 is 1.03 bits per heavy atom. The van der Waals surface area contributed by atoms with Crippen LogP contribution in [0, 0.1) is 5.82 Å². The maximum absolute atomic E-state index is 13.2. The summed E-state index contributed by atoms with van der Waals surface area (Å²) in [6.07, 6.45) is 1.20. The summed E-state index contributed by atoms with van der Waals surface area (Å²) in [5, 5.41) is 9.30. The molecule has 0 aliphatic carbocycles. The van der Waals surface area contributed by atoms with Crippen LogP contribution in [0.25, 0.3) is 0 Å². The summed E-state index contributed by atoms with van der Waals surface area (Å²) < 4.78 is 19.4. The average Bonchev–Trinajstić information content (AvgIpc) is 3.09. The number of halogens is 1. The summed E-state index contributed by atoms with van der Waals surface area (Å²) in [4.78, 5) is 25.8. The van der Waals surface area contributed by atoms with Crippen molar-refractivity contribution in [2.45, 2.75) is 31.9 Å². The molecular weight excluding hydrogens is 409 g/mol. The predicted molar refractivity (Wildman–Crippen MR) is 118 cm³/mol. The molecule has 1 aliphatic heterocycles. The van der Waals surface area contributed by atoms with E-state index in [0.717, 1.165) is 16.7 Å². The van der Waals surface area contributed by atoms with Crippen LogP contribution in [-0.4, -0.2) is 34.0 Å². The molecule has 6 heteroatoms. The number of nitrogens with zero attached hydrogens (tertiary/aromatic N) is 1. The number of aliphatic carboxylic acids is 1. The molecule has 5 nitrogen and oxygen atoms in total. The van der Waals surface area contributed by atoms with Crippen LogP contribution in [0.1, 0.15) is 34.0 Å². The number of carbonyl (C=O) groups is 2. The van der Waals surface area contributed by atoms with Gasteiger partial charge in [-0.25, -0.2) is 4.39 Å². The molecule has 4 rings (SSSR count). The van der Waals surface area contributed by atoms with Crippen molar-refractivity contribution in [2.24, 2.45) is 0 Å². The molecule has 3 aromatic rings. The summed E-state index contributed by atoms with van der Waals surface area (Å²) in [5.74, 6) is -0.977. The van der Waals surface area contributed by atoms with Crippen LogP contribution >= 0.6 is 0 Å². The van der Waals surface area contributed by atoms with Crippen molar-refractivity contribution in [3.63, 3.8) is 0 Å². The van der Waals surface area contributed by atoms with E-state index in [0.29, 0.717) is 24.2 Å². The Balaban J connectivity index is 1.52. The fourth-order valence-electron chi connectivity index (χ4n) is 4.14. The molecule has 0 radical (unpaired) electrons. The van der Waals surface area contributed by atoms with E-state index in [1.54, 1.807) is 30.3 Å². The number of rotatable bonds is 7. The third-order valence-electron chi connectivity index (χ3n) is 5.55. The molecule has 1 aliphatic rings. The van der Waals surface area contributed by atoms with Crippen molar-refractivity contribution in [3.05, 3.63) is 101 Å². The first-order valence-electron chi connectivity index (χ1n) is 10.4. The van der Waals surface area contributed by atoms with Crippen LogP contribution in [0.3, 0.4) is 0 Å². The zero-order valence-electron chi connectivity index (χ0n) is 17.8. The minimum absolute atomic E-state index is 0.210. The lowest BCUT2D eigenvalue weighted by molar-refractivity contribution is -0.137. The number of hydrogen-bond acceptors (Lipinski definition) is 3. The third-order valence-corrected chi connectivity index (χ3v) is 5.55. The molecular formula is C26H24FNO4. The highest BCUT2D eigenvalue weighted by atomic mass is 19.1. The van der Waals surface area contributed by atoms with Gasteiger partial charge in [-0.3, -0.25) is 9.59 Å². The van der Waals surface area contributed by atoms with Crippen LogP contribution in [0.4, 0.5) is 4.39 Å². The van der Waals surface area contributed by atoms with Gasteiger partial charge < -0.3 is 14.7 Å². The highest BCUT2D eigenvalue weighted by molar-refractivity contribution is 5.96. The summed E-state index contributed by atoms with van der Waals surface area (Å²) in [5.41, 5.74) is 2.64. The molecule has 1 heterocycles. The second-order valence-corrected chi connectivity index (χ2v) is 8.40. The van der Waals surface area contributed by atoms with E-state index >= 15 is 0 Å². The lowest BCUT2D eigenvalue weighted by Crippen LogP contribution is -2.35. The fourth-order valence-corrected chi connectivity index (χ4v) is 4.14. The van der Waals surface area contributed by atoms with E-state index in [2.05, 4.69) is 0 Å². The quantitative estimate of drug-likeness (QED) is 0.596. The molecule has 1 amide bonds. The molecule has 32 heavy (non-hydrogen) atoms. The first-order valence-corrected chi connectivity index (χ1v) is 10.4. The van der Waals surface area contributed by atoms with Gasteiger partial charge >= 0.3 is 5.97 Å². The van der Waals surface area contributed by atoms with Crippen molar-refractivity contribution < 1.29 is 23.8 Å². The van der Waals surface area contributed by atoms with E-state index in [4.69, 9.17) is 4.74 Å². The summed E-state index contributed by atoms with van der Waals surface area (Å²) in [6, 6.07) is 20.9. The number of carboxylic acid groups (broad SMARTS) is 1. The van der Waals surface area contributed by atoms with E-state index in [9.17, 15) is 19.1 Å². The van der Waals surface area contributed by atoms with Gasteiger partial charge in [0.25, 0.3) is 5.91 Å². The Labute approximate surface area is 186 Å². The van der Waals surface area contributed by atoms with E-state index in [1.807, 2.05) is 37.3 Å². The number of fused-ring (bicyclic) bond motifs is 1. The lowest BCUT2D eigenvalue weighted by atomic mass is 9.91. The van der Waals surface area contributed by atoms with Gasteiger partial charge in [-0.1, -0.05) is 42.5 Å². The van der Waals surface area contributed by atoms with Crippen molar-refractivity contribution in [2.75, 3.05) is 6.54 Å². The molecule has 3 aromatic carbocycles. The average molecular weight is 433 g/mol. The minimum Gasteiger partial charge on any atom is -0.487 e. The second kappa shape index (κ2) is 8.83. The monoisotopic (exact) mass is 433 g/mol. The topological polar surface area (TPSA) is 66.8 Å². The molecule has 0 aromatic heterocycles. The Hall–Kier alpha value is -3.67. The molecule has 164 valence electrons. The minimum atomic E-state index is -1.06. The van der Waals surface area contributed by atoms with Gasteiger partial charge in [0.15, 0.2) is 0 Å².